The van der Waals surface area contributed by atoms with E-state index in [4.69, 9.17) is 0 Å². The Morgan fingerprint density at radius 3 is 2.67 bits per heavy atom. The van der Waals surface area contributed by atoms with Gasteiger partial charge in [0, 0.05) is 18.2 Å². The van der Waals surface area contributed by atoms with Crippen molar-refractivity contribution in [3.05, 3.63) is 47.2 Å². The van der Waals surface area contributed by atoms with Gasteiger partial charge in [0.1, 0.15) is 5.82 Å². The van der Waals surface area contributed by atoms with Crippen molar-refractivity contribution in [1.29, 1.82) is 0 Å². The zero-order valence-electron chi connectivity index (χ0n) is 11.5. The summed E-state index contributed by atoms with van der Waals surface area (Å²) < 4.78 is 39.5. The van der Waals surface area contributed by atoms with E-state index in [1.165, 1.54) is 12.1 Å². The SMILES string of the molecule is CCn1nc(C)cc1NC(=O)c1cccc(C(F)(F)F)c1. The second-order valence-electron chi connectivity index (χ2n) is 4.52. The quantitative estimate of drug-likeness (QED) is 0.942. The molecule has 112 valence electrons. The molecule has 0 aliphatic carbocycles. The highest BCUT2D eigenvalue weighted by Gasteiger charge is 2.30. The van der Waals surface area contributed by atoms with Gasteiger partial charge in [-0.05, 0) is 32.0 Å². The van der Waals surface area contributed by atoms with E-state index in [-0.39, 0.29) is 5.56 Å². The summed E-state index contributed by atoms with van der Waals surface area (Å²) in [5, 5.41) is 6.73. The van der Waals surface area contributed by atoms with Crippen LogP contribution in [0.2, 0.25) is 0 Å². The van der Waals surface area contributed by atoms with E-state index in [9.17, 15) is 18.0 Å². The second kappa shape index (κ2) is 5.59. The van der Waals surface area contributed by atoms with Crippen molar-refractivity contribution >= 4 is 11.7 Å². The number of hydrogen-bond donors (Lipinski definition) is 1. The van der Waals surface area contributed by atoms with Gasteiger partial charge in [-0.1, -0.05) is 6.07 Å². The standard InChI is InChI=1S/C14H14F3N3O/c1-3-20-12(7-9(2)19-20)18-13(21)10-5-4-6-11(8-10)14(15,16)17/h4-8H,3H2,1-2H3,(H,18,21). The molecule has 1 amide bonds. The molecule has 0 saturated heterocycles. The molecule has 0 saturated carbocycles. The summed E-state index contributed by atoms with van der Waals surface area (Å²) in [4.78, 5) is 12.1. The van der Waals surface area contributed by atoms with E-state index < -0.39 is 17.6 Å². The van der Waals surface area contributed by atoms with Crippen molar-refractivity contribution in [1.82, 2.24) is 9.78 Å². The fourth-order valence-corrected chi connectivity index (χ4v) is 1.91. The van der Waals surface area contributed by atoms with Crippen LogP contribution >= 0.6 is 0 Å². The van der Waals surface area contributed by atoms with Gasteiger partial charge in [-0.25, -0.2) is 4.68 Å². The second-order valence-corrected chi connectivity index (χ2v) is 4.52. The average Bonchev–Trinajstić information content (AvgIpc) is 2.78. The Kier molecular flexibility index (Phi) is 4.02. The molecule has 0 bridgehead atoms. The van der Waals surface area contributed by atoms with Gasteiger partial charge in [0.25, 0.3) is 5.91 Å². The number of carbonyl (C=O) groups excluding carboxylic acids is 1. The summed E-state index contributed by atoms with van der Waals surface area (Å²) in [6.07, 6.45) is -4.47. The number of hydrogen-bond acceptors (Lipinski definition) is 2. The van der Waals surface area contributed by atoms with Crippen LogP contribution in [0.4, 0.5) is 19.0 Å². The Bertz CT molecular complexity index is 662. The predicted octanol–water partition coefficient (Wildman–Crippen LogP) is 3.48. The molecule has 0 unspecified atom stereocenters. The third kappa shape index (κ3) is 3.42. The Balaban J connectivity index is 2.24. The number of anilines is 1. The maximum atomic E-state index is 12.6. The van der Waals surface area contributed by atoms with Crippen LogP contribution in [0.3, 0.4) is 0 Å². The minimum Gasteiger partial charge on any atom is -0.307 e. The van der Waals surface area contributed by atoms with Gasteiger partial charge in [-0.2, -0.15) is 18.3 Å². The molecule has 7 heteroatoms. The van der Waals surface area contributed by atoms with Crippen molar-refractivity contribution in [2.24, 2.45) is 0 Å². The van der Waals surface area contributed by atoms with Crippen molar-refractivity contribution in [2.75, 3.05) is 5.32 Å². The van der Waals surface area contributed by atoms with Crippen LogP contribution in [0.15, 0.2) is 30.3 Å². The summed E-state index contributed by atoms with van der Waals surface area (Å²) in [6, 6.07) is 5.96. The average molecular weight is 297 g/mol. The number of aryl methyl sites for hydroxylation is 2. The molecule has 21 heavy (non-hydrogen) atoms. The minimum atomic E-state index is -4.47. The molecule has 0 radical (unpaired) electrons. The summed E-state index contributed by atoms with van der Waals surface area (Å²) in [6.45, 7) is 4.17. The summed E-state index contributed by atoms with van der Waals surface area (Å²) in [5.41, 5.74) is -0.183. The van der Waals surface area contributed by atoms with E-state index in [1.54, 1.807) is 17.7 Å². The Hall–Kier alpha value is -2.31. The predicted molar refractivity (Wildman–Crippen MR) is 72.0 cm³/mol. The van der Waals surface area contributed by atoms with Gasteiger partial charge in [-0.3, -0.25) is 4.79 Å². The van der Waals surface area contributed by atoms with Gasteiger partial charge >= 0.3 is 6.18 Å². The van der Waals surface area contributed by atoms with Crippen LogP contribution in [0.1, 0.15) is 28.5 Å². The van der Waals surface area contributed by atoms with Gasteiger partial charge in [-0.15, -0.1) is 0 Å². The zero-order valence-corrected chi connectivity index (χ0v) is 11.5. The molecular weight excluding hydrogens is 283 g/mol. The van der Waals surface area contributed by atoms with Crippen LogP contribution in [0, 0.1) is 6.92 Å². The third-order valence-electron chi connectivity index (χ3n) is 2.90. The van der Waals surface area contributed by atoms with Gasteiger partial charge < -0.3 is 5.32 Å². The first-order chi connectivity index (χ1) is 9.81. The van der Waals surface area contributed by atoms with Crippen molar-refractivity contribution in [3.63, 3.8) is 0 Å². The van der Waals surface area contributed by atoms with E-state index in [2.05, 4.69) is 10.4 Å². The first-order valence-corrected chi connectivity index (χ1v) is 6.34. The zero-order chi connectivity index (χ0) is 15.6. The number of nitrogens with zero attached hydrogens (tertiary/aromatic N) is 2. The minimum absolute atomic E-state index is 0.0497. The van der Waals surface area contributed by atoms with E-state index in [1.807, 2.05) is 6.92 Å². The molecule has 1 aromatic heterocycles. The summed E-state index contributed by atoms with van der Waals surface area (Å²) in [7, 11) is 0. The molecule has 4 nitrogen and oxygen atoms in total. The molecule has 2 aromatic rings. The number of alkyl halides is 3. The number of amides is 1. The molecule has 0 aliphatic rings. The molecule has 0 spiro atoms. The number of rotatable bonds is 3. The van der Waals surface area contributed by atoms with Crippen LogP contribution < -0.4 is 5.32 Å². The lowest BCUT2D eigenvalue weighted by atomic mass is 10.1. The first kappa shape index (κ1) is 15.1. The third-order valence-corrected chi connectivity index (χ3v) is 2.90. The topological polar surface area (TPSA) is 46.9 Å². The number of halogens is 3. The highest BCUT2D eigenvalue weighted by Crippen LogP contribution is 2.29. The number of benzene rings is 1. The highest BCUT2D eigenvalue weighted by atomic mass is 19.4. The van der Waals surface area contributed by atoms with Gasteiger partial charge in [0.2, 0.25) is 0 Å². The number of carbonyl (C=O) groups is 1. The largest absolute Gasteiger partial charge is 0.416 e. The molecule has 1 aromatic carbocycles. The summed E-state index contributed by atoms with van der Waals surface area (Å²) >= 11 is 0. The van der Waals surface area contributed by atoms with Crippen molar-refractivity contribution in [2.45, 2.75) is 26.6 Å². The molecule has 1 heterocycles. The Morgan fingerprint density at radius 1 is 1.33 bits per heavy atom. The lowest BCUT2D eigenvalue weighted by Crippen LogP contribution is -2.16. The van der Waals surface area contributed by atoms with Crippen LogP contribution in [-0.4, -0.2) is 15.7 Å². The molecular formula is C14H14F3N3O. The van der Waals surface area contributed by atoms with E-state index in [0.29, 0.717) is 12.4 Å². The van der Waals surface area contributed by atoms with Gasteiger partial charge in [0.05, 0.1) is 11.3 Å². The smallest absolute Gasteiger partial charge is 0.307 e. The Labute approximate surface area is 119 Å². The Morgan fingerprint density at radius 2 is 2.05 bits per heavy atom. The molecule has 0 aliphatic heterocycles. The van der Waals surface area contributed by atoms with Crippen molar-refractivity contribution in [3.8, 4) is 0 Å². The van der Waals surface area contributed by atoms with Crippen LogP contribution in [0.5, 0.6) is 0 Å². The monoisotopic (exact) mass is 297 g/mol. The molecule has 0 fully saturated rings. The highest BCUT2D eigenvalue weighted by molar-refractivity contribution is 6.03. The lowest BCUT2D eigenvalue weighted by Gasteiger charge is -2.10. The molecule has 0 atom stereocenters. The van der Waals surface area contributed by atoms with Crippen molar-refractivity contribution < 1.29 is 18.0 Å². The number of aromatic nitrogens is 2. The van der Waals surface area contributed by atoms with Crippen LogP contribution in [-0.2, 0) is 12.7 Å². The fraction of sp³-hybridized carbons (Fsp3) is 0.286. The lowest BCUT2D eigenvalue weighted by molar-refractivity contribution is -0.137. The van der Waals surface area contributed by atoms with E-state index in [0.717, 1.165) is 17.8 Å². The first-order valence-electron chi connectivity index (χ1n) is 6.34. The normalized spacial score (nSPS) is 11.5. The van der Waals surface area contributed by atoms with Crippen LogP contribution in [0.25, 0.3) is 0 Å². The maximum absolute atomic E-state index is 12.6. The van der Waals surface area contributed by atoms with E-state index >= 15 is 0 Å². The maximum Gasteiger partial charge on any atom is 0.416 e. The molecule has 1 N–H and O–H groups in total. The number of nitrogens with one attached hydrogen (secondary N) is 1. The summed E-state index contributed by atoms with van der Waals surface area (Å²) in [5.74, 6) is -0.145. The van der Waals surface area contributed by atoms with Gasteiger partial charge in [0.15, 0.2) is 0 Å². The fourth-order valence-electron chi connectivity index (χ4n) is 1.91. The molecule has 2 rings (SSSR count).